The molecule has 124 valence electrons. The van der Waals surface area contributed by atoms with Gasteiger partial charge in [-0.05, 0) is 68.1 Å². The van der Waals surface area contributed by atoms with E-state index in [1.165, 1.54) is 25.7 Å². The maximum absolute atomic E-state index is 10.8. The highest BCUT2D eigenvalue weighted by Gasteiger charge is 2.37. The number of rotatable bonds is 3. The van der Waals surface area contributed by atoms with E-state index in [4.69, 9.17) is 0 Å². The van der Waals surface area contributed by atoms with Crippen LogP contribution in [-0.2, 0) is 0 Å². The fourth-order valence-electron chi connectivity index (χ4n) is 4.07. The van der Waals surface area contributed by atoms with Crippen LogP contribution in [0, 0.1) is 16.7 Å². The highest BCUT2D eigenvalue weighted by atomic mass is 16.3. The van der Waals surface area contributed by atoms with Crippen molar-refractivity contribution < 1.29 is 5.11 Å². The molecule has 2 aliphatic carbocycles. The van der Waals surface area contributed by atoms with Crippen LogP contribution < -0.4 is 5.32 Å². The third kappa shape index (κ3) is 4.96. The standard InChI is InChI=1S/C19H37NO/c1-17(2,3)15-6-8-16(9-7-15)20-14-19(21)12-10-18(4,5)11-13-19/h15-16,20-21H,6-14H2,1-5H3. The van der Waals surface area contributed by atoms with E-state index in [-0.39, 0.29) is 0 Å². The van der Waals surface area contributed by atoms with E-state index in [0.29, 0.717) is 16.9 Å². The van der Waals surface area contributed by atoms with Crippen LogP contribution in [0.3, 0.4) is 0 Å². The Kier molecular flexibility index (Phi) is 5.10. The summed E-state index contributed by atoms with van der Waals surface area (Å²) in [4.78, 5) is 0. The van der Waals surface area contributed by atoms with E-state index < -0.39 is 5.60 Å². The lowest BCUT2D eigenvalue weighted by Crippen LogP contribution is -2.48. The molecule has 0 bridgehead atoms. The lowest BCUT2D eigenvalue weighted by atomic mass is 9.70. The van der Waals surface area contributed by atoms with Crippen molar-refractivity contribution in [1.82, 2.24) is 5.32 Å². The molecular weight excluding hydrogens is 258 g/mol. The Balaban J connectivity index is 1.73. The largest absolute Gasteiger partial charge is 0.389 e. The second-order valence-corrected chi connectivity index (χ2v) is 9.68. The van der Waals surface area contributed by atoms with E-state index in [1.807, 2.05) is 0 Å². The summed E-state index contributed by atoms with van der Waals surface area (Å²) in [5.74, 6) is 0.870. The lowest BCUT2D eigenvalue weighted by molar-refractivity contribution is -0.0274. The summed E-state index contributed by atoms with van der Waals surface area (Å²) in [7, 11) is 0. The first-order valence-electron chi connectivity index (χ1n) is 9.06. The molecular formula is C19H37NO. The monoisotopic (exact) mass is 295 g/mol. The molecule has 0 unspecified atom stereocenters. The Hall–Kier alpha value is -0.0800. The topological polar surface area (TPSA) is 32.3 Å². The van der Waals surface area contributed by atoms with E-state index in [9.17, 15) is 5.11 Å². The molecule has 0 amide bonds. The maximum atomic E-state index is 10.8. The molecule has 2 nitrogen and oxygen atoms in total. The maximum Gasteiger partial charge on any atom is 0.0772 e. The van der Waals surface area contributed by atoms with Gasteiger partial charge in [0, 0.05) is 12.6 Å². The number of aliphatic hydroxyl groups is 1. The Morgan fingerprint density at radius 2 is 1.48 bits per heavy atom. The predicted octanol–water partition coefficient (Wildman–Crippen LogP) is 4.51. The van der Waals surface area contributed by atoms with Gasteiger partial charge in [0.1, 0.15) is 0 Å². The van der Waals surface area contributed by atoms with Gasteiger partial charge in [-0.15, -0.1) is 0 Å². The van der Waals surface area contributed by atoms with E-state index in [2.05, 4.69) is 39.9 Å². The molecule has 2 saturated carbocycles. The van der Waals surface area contributed by atoms with E-state index in [0.717, 1.165) is 38.1 Å². The predicted molar refractivity (Wildman–Crippen MR) is 90.4 cm³/mol. The average molecular weight is 296 g/mol. The molecule has 0 spiro atoms. The minimum Gasteiger partial charge on any atom is -0.389 e. The van der Waals surface area contributed by atoms with Gasteiger partial charge in [0.25, 0.3) is 0 Å². The van der Waals surface area contributed by atoms with Crippen LogP contribution in [0.4, 0.5) is 0 Å². The van der Waals surface area contributed by atoms with Crippen LogP contribution in [0.15, 0.2) is 0 Å². The molecule has 2 rings (SSSR count). The molecule has 0 atom stereocenters. The van der Waals surface area contributed by atoms with Gasteiger partial charge >= 0.3 is 0 Å². The molecule has 0 aromatic rings. The van der Waals surface area contributed by atoms with Crippen LogP contribution in [0.25, 0.3) is 0 Å². The molecule has 2 heteroatoms. The van der Waals surface area contributed by atoms with Crippen LogP contribution in [-0.4, -0.2) is 23.3 Å². The van der Waals surface area contributed by atoms with Gasteiger partial charge in [-0.1, -0.05) is 34.6 Å². The SMILES string of the molecule is CC1(C)CCC(O)(CNC2CCC(C(C)(C)C)CC2)CC1. The van der Waals surface area contributed by atoms with Crippen molar-refractivity contribution in [1.29, 1.82) is 0 Å². The van der Waals surface area contributed by atoms with Gasteiger partial charge in [-0.2, -0.15) is 0 Å². The second kappa shape index (κ2) is 6.20. The zero-order valence-corrected chi connectivity index (χ0v) is 15.0. The molecule has 2 N–H and O–H groups in total. The van der Waals surface area contributed by atoms with Crippen molar-refractivity contribution in [2.45, 2.75) is 97.6 Å². The summed E-state index contributed by atoms with van der Waals surface area (Å²) >= 11 is 0. The van der Waals surface area contributed by atoms with Gasteiger partial charge in [0.2, 0.25) is 0 Å². The summed E-state index contributed by atoms with van der Waals surface area (Å²) in [5.41, 5.74) is 0.436. The molecule has 0 radical (unpaired) electrons. The second-order valence-electron chi connectivity index (χ2n) is 9.68. The fourth-order valence-corrected chi connectivity index (χ4v) is 4.07. The molecule has 0 heterocycles. The van der Waals surface area contributed by atoms with Gasteiger partial charge in [0.05, 0.1) is 5.60 Å². The summed E-state index contributed by atoms with van der Waals surface area (Å²) in [5, 5.41) is 14.4. The Labute approximate surface area is 132 Å². The molecule has 0 aromatic carbocycles. The third-order valence-corrected chi connectivity index (χ3v) is 6.21. The number of hydrogen-bond donors (Lipinski definition) is 2. The Morgan fingerprint density at radius 3 is 1.95 bits per heavy atom. The molecule has 2 fully saturated rings. The van der Waals surface area contributed by atoms with Crippen molar-refractivity contribution in [2.24, 2.45) is 16.7 Å². The smallest absolute Gasteiger partial charge is 0.0772 e. The van der Waals surface area contributed by atoms with Gasteiger partial charge in [0.15, 0.2) is 0 Å². The zero-order chi connectivity index (χ0) is 15.7. The van der Waals surface area contributed by atoms with E-state index in [1.54, 1.807) is 0 Å². The van der Waals surface area contributed by atoms with Crippen molar-refractivity contribution in [2.75, 3.05) is 6.54 Å². The molecule has 0 aliphatic heterocycles. The quantitative estimate of drug-likeness (QED) is 0.803. The summed E-state index contributed by atoms with van der Waals surface area (Å²) in [6.07, 6.45) is 9.48. The zero-order valence-electron chi connectivity index (χ0n) is 15.0. The van der Waals surface area contributed by atoms with Crippen molar-refractivity contribution in [3.63, 3.8) is 0 Å². The first-order chi connectivity index (χ1) is 9.60. The van der Waals surface area contributed by atoms with E-state index >= 15 is 0 Å². The molecule has 0 aromatic heterocycles. The van der Waals surface area contributed by atoms with Gasteiger partial charge < -0.3 is 10.4 Å². The van der Waals surface area contributed by atoms with Gasteiger partial charge in [-0.3, -0.25) is 0 Å². The summed E-state index contributed by atoms with van der Waals surface area (Å²) in [6, 6.07) is 0.627. The first kappa shape index (κ1) is 17.3. The summed E-state index contributed by atoms with van der Waals surface area (Å²) < 4.78 is 0. The molecule has 21 heavy (non-hydrogen) atoms. The molecule has 0 saturated heterocycles. The molecule has 2 aliphatic rings. The van der Waals surface area contributed by atoms with Crippen molar-refractivity contribution in [3.05, 3.63) is 0 Å². The lowest BCUT2D eigenvalue weighted by Gasteiger charge is -2.42. The normalized spacial score (nSPS) is 32.9. The first-order valence-corrected chi connectivity index (χ1v) is 9.06. The van der Waals surface area contributed by atoms with Crippen LogP contribution >= 0.6 is 0 Å². The Bertz CT molecular complexity index is 324. The van der Waals surface area contributed by atoms with Crippen LogP contribution in [0.5, 0.6) is 0 Å². The third-order valence-electron chi connectivity index (χ3n) is 6.21. The Morgan fingerprint density at radius 1 is 0.952 bits per heavy atom. The average Bonchev–Trinajstić information content (AvgIpc) is 2.40. The van der Waals surface area contributed by atoms with Crippen molar-refractivity contribution >= 4 is 0 Å². The number of nitrogens with one attached hydrogen (secondary N) is 1. The fraction of sp³-hybridized carbons (Fsp3) is 1.00. The van der Waals surface area contributed by atoms with Crippen molar-refractivity contribution in [3.8, 4) is 0 Å². The highest BCUT2D eigenvalue weighted by Crippen LogP contribution is 2.41. The minimum absolute atomic E-state index is 0.428. The number of hydrogen-bond acceptors (Lipinski definition) is 2. The van der Waals surface area contributed by atoms with Crippen LogP contribution in [0.2, 0.25) is 0 Å². The minimum atomic E-state index is -0.448. The van der Waals surface area contributed by atoms with Gasteiger partial charge in [-0.25, -0.2) is 0 Å². The highest BCUT2D eigenvalue weighted by molar-refractivity contribution is 4.92. The van der Waals surface area contributed by atoms with Crippen LogP contribution in [0.1, 0.15) is 86.0 Å². The summed E-state index contributed by atoms with van der Waals surface area (Å²) in [6.45, 7) is 12.6.